The molecule has 0 amide bonds. The van der Waals surface area contributed by atoms with E-state index in [4.69, 9.17) is 4.74 Å². The van der Waals surface area contributed by atoms with Crippen molar-refractivity contribution in [2.24, 2.45) is 0 Å². The zero-order valence-electron chi connectivity index (χ0n) is 18.5. The Hall–Kier alpha value is -3.36. The number of nitrogens with zero attached hydrogens (tertiary/aromatic N) is 5. The standard InChI is InChI=1S/C24H28N6O2/c1-3-18-9-10-22-20(13-18)14-21(24(31)25-22)16-29(15-19-7-5-4-6-8-19)17-23-26-27-28-30(23)11-12-32-2/h4-10,13-14H,3,11-12,15-17H2,1-2H3,(H,25,31). The summed E-state index contributed by atoms with van der Waals surface area (Å²) in [7, 11) is 1.65. The molecule has 2 heterocycles. The lowest BCUT2D eigenvalue weighted by molar-refractivity contribution is 0.177. The topological polar surface area (TPSA) is 88.9 Å². The Kier molecular flexibility index (Phi) is 7.03. The summed E-state index contributed by atoms with van der Waals surface area (Å²) in [4.78, 5) is 18.1. The molecule has 2 aromatic carbocycles. The minimum atomic E-state index is -0.0706. The fraction of sp³-hybridized carbons (Fsp3) is 0.333. The predicted molar refractivity (Wildman–Crippen MR) is 123 cm³/mol. The van der Waals surface area contributed by atoms with E-state index in [0.717, 1.165) is 34.3 Å². The van der Waals surface area contributed by atoms with Crippen molar-refractivity contribution in [1.29, 1.82) is 0 Å². The van der Waals surface area contributed by atoms with Crippen molar-refractivity contribution in [3.63, 3.8) is 0 Å². The molecule has 0 aliphatic rings. The highest BCUT2D eigenvalue weighted by atomic mass is 16.5. The van der Waals surface area contributed by atoms with Gasteiger partial charge in [0.2, 0.25) is 0 Å². The molecule has 0 saturated carbocycles. The zero-order chi connectivity index (χ0) is 22.3. The molecule has 0 radical (unpaired) electrons. The number of aromatic amines is 1. The van der Waals surface area contributed by atoms with E-state index in [1.165, 1.54) is 5.56 Å². The second kappa shape index (κ2) is 10.3. The summed E-state index contributed by atoms with van der Waals surface area (Å²) in [5, 5.41) is 13.2. The van der Waals surface area contributed by atoms with Gasteiger partial charge in [-0.05, 0) is 51.6 Å². The van der Waals surface area contributed by atoms with Crippen LogP contribution < -0.4 is 5.56 Å². The Labute approximate surface area is 186 Å². The lowest BCUT2D eigenvalue weighted by Crippen LogP contribution is -2.28. The first-order chi connectivity index (χ1) is 15.7. The van der Waals surface area contributed by atoms with Crippen LogP contribution in [0.25, 0.3) is 10.9 Å². The summed E-state index contributed by atoms with van der Waals surface area (Å²) in [5.74, 6) is 0.739. The number of tetrazole rings is 1. The van der Waals surface area contributed by atoms with E-state index < -0.39 is 0 Å². The average molecular weight is 433 g/mol. The van der Waals surface area contributed by atoms with E-state index in [2.05, 4.69) is 56.6 Å². The lowest BCUT2D eigenvalue weighted by Gasteiger charge is -2.22. The van der Waals surface area contributed by atoms with Crippen LogP contribution in [-0.4, -0.2) is 43.8 Å². The number of H-pyrrole nitrogens is 1. The van der Waals surface area contributed by atoms with Crippen molar-refractivity contribution < 1.29 is 4.74 Å². The van der Waals surface area contributed by atoms with Crippen molar-refractivity contribution in [2.45, 2.75) is 39.5 Å². The summed E-state index contributed by atoms with van der Waals surface area (Å²) in [6.45, 7) is 4.90. The van der Waals surface area contributed by atoms with Crippen molar-refractivity contribution in [2.75, 3.05) is 13.7 Å². The van der Waals surface area contributed by atoms with Gasteiger partial charge in [-0.15, -0.1) is 5.10 Å². The third-order valence-corrected chi connectivity index (χ3v) is 5.52. The van der Waals surface area contributed by atoms with E-state index in [9.17, 15) is 4.79 Å². The van der Waals surface area contributed by atoms with Crippen LogP contribution in [0, 0.1) is 0 Å². The molecule has 0 unspecified atom stereocenters. The summed E-state index contributed by atoms with van der Waals surface area (Å²) in [6, 6.07) is 18.4. The molecule has 0 saturated heterocycles. The van der Waals surface area contributed by atoms with Crippen LogP contribution in [0.15, 0.2) is 59.4 Å². The highest BCUT2D eigenvalue weighted by Crippen LogP contribution is 2.17. The fourth-order valence-electron chi connectivity index (χ4n) is 3.78. The number of hydrogen-bond acceptors (Lipinski definition) is 6. The summed E-state index contributed by atoms with van der Waals surface area (Å²) >= 11 is 0. The molecule has 4 aromatic rings. The number of nitrogens with one attached hydrogen (secondary N) is 1. The van der Waals surface area contributed by atoms with Gasteiger partial charge in [0.15, 0.2) is 5.82 Å². The molecule has 1 N–H and O–H groups in total. The van der Waals surface area contributed by atoms with Crippen LogP contribution in [0.3, 0.4) is 0 Å². The maximum Gasteiger partial charge on any atom is 0.252 e. The first-order valence-electron chi connectivity index (χ1n) is 10.8. The van der Waals surface area contributed by atoms with Gasteiger partial charge in [0.1, 0.15) is 0 Å². The quantitative estimate of drug-likeness (QED) is 0.415. The van der Waals surface area contributed by atoms with Gasteiger partial charge in [-0.2, -0.15) is 0 Å². The van der Waals surface area contributed by atoms with E-state index in [1.54, 1.807) is 11.8 Å². The van der Waals surface area contributed by atoms with Gasteiger partial charge in [-0.3, -0.25) is 9.69 Å². The number of aryl methyl sites for hydroxylation is 1. The van der Waals surface area contributed by atoms with Gasteiger partial charge >= 0.3 is 0 Å². The molecular weight excluding hydrogens is 404 g/mol. The fourth-order valence-corrected chi connectivity index (χ4v) is 3.78. The van der Waals surface area contributed by atoms with Gasteiger partial charge < -0.3 is 9.72 Å². The van der Waals surface area contributed by atoms with Crippen LogP contribution >= 0.6 is 0 Å². The number of ether oxygens (including phenoxy) is 1. The number of aromatic nitrogens is 5. The maximum atomic E-state index is 12.8. The minimum absolute atomic E-state index is 0.0706. The predicted octanol–water partition coefficient (Wildman–Crippen LogP) is 2.93. The molecule has 0 bridgehead atoms. The smallest absolute Gasteiger partial charge is 0.252 e. The molecule has 32 heavy (non-hydrogen) atoms. The SMILES string of the molecule is CCc1ccc2[nH]c(=O)c(CN(Cc3ccccc3)Cc3nnnn3CCOC)cc2c1. The largest absolute Gasteiger partial charge is 0.383 e. The highest BCUT2D eigenvalue weighted by Gasteiger charge is 2.16. The number of rotatable bonds is 10. The first-order valence-corrected chi connectivity index (χ1v) is 10.8. The average Bonchev–Trinajstić information content (AvgIpc) is 3.25. The van der Waals surface area contributed by atoms with E-state index >= 15 is 0 Å². The molecule has 8 heteroatoms. The van der Waals surface area contributed by atoms with Gasteiger partial charge in [0.05, 0.1) is 19.7 Å². The van der Waals surface area contributed by atoms with Crippen LogP contribution in [0.1, 0.15) is 29.4 Å². The Morgan fingerprint density at radius 2 is 1.88 bits per heavy atom. The van der Waals surface area contributed by atoms with Crippen LogP contribution in [-0.2, 0) is 37.3 Å². The van der Waals surface area contributed by atoms with Gasteiger partial charge in [0.25, 0.3) is 5.56 Å². The Morgan fingerprint density at radius 3 is 2.66 bits per heavy atom. The van der Waals surface area contributed by atoms with Crippen LogP contribution in [0.5, 0.6) is 0 Å². The molecule has 8 nitrogen and oxygen atoms in total. The Morgan fingerprint density at radius 1 is 1.03 bits per heavy atom. The van der Waals surface area contributed by atoms with E-state index in [-0.39, 0.29) is 5.56 Å². The van der Waals surface area contributed by atoms with Gasteiger partial charge in [-0.1, -0.05) is 43.3 Å². The molecule has 0 spiro atoms. The van der Waals surface area contributed by atoms with Gasteiger partial charge in [-0.25, -0.2) is 4.68 Å². The molecule has 0 fully saturated rings. The molecule has 4 rings (SSSR count). The molecule has 0 aliphatic heterocycles. The normalized spacial score (nSPS) is 11.5. The summed E-state index contributed by atoms with van der Waals surface area (Å²) in [6.07, 6.45) is 0.953. The molecule has 0 aliphatic carbocycles. The lowest BCUT2D eigenvalue weighted by atomic mass is 10.1. The van der Waals surface area contributed by atoms with Crippen LogP contribution in [0.2, 0.25) is 0 Å². The van der Waals surface area contributed by atoms with Crippen molar-refractivity contribution >= 4 is 10.9 Å². The zero-order valence-corrected chi connectivity index (χ0v) is 18.5. The summed E-state index contributed by atoms with van der Waals surface area (Å²) < 4.78 is 6.92. The molecule has 166 valence electrons. The molecule has 0 atom stereocenters. The maximum absolute atomic E-state index is 12.8. The van der Waals surface area contributed by atoms with Gasteiger partial charge in [0, 0.05) is 31.3 Å². The highest BCUT2D eigenvalue weighted by molar-refractivity contribution is 5.79. The third-order valence-electron chi connectivity index (χ3n) is 5.52. The first kappa shape index (κ1) is 21.9. The Balaban J connectivity index is 1.63. The summed E-state index contributed by atoms with van der Waals surface area (Å²) in [5.41, 5.74) is 3.91. The third kappa shape index (κ3) is 5.27. The second-order valence-corrected chi connectivity index (χ2v) is 7.84. The number of pyridine rings is 1. The van der Waals surface area contributed by atoms with Crippen molar-refractivity contribution in [3.8, 4) is 0 Å². The van der Waals surface area contributed by atoms with E-state index in [0.29, 0.717) is 32.8 Å². The van der Waals surface area contributed by atoms with Crippen LogP contribution in [0.4, 0.5) is 0 Å². The Bertz CT molecular complexity index is 1220. The molecular formula is C24H28N6O2. The monoisotopic (exact) mass is 432 g/mol. The second-order valence-electron chi connectivity index (χ2n) is 7.84. The van der Waals surface area contributed by atoms with Crippen molar-refractivity contribution in [1.82, 2.24) is 30.1 Å². The number of methoxy groups -OCH3 is 1. The molecule has 2 aromatic heterocycles. The van der Waals surface area contributed by atoms with Crippen molar-refractivity contribution in [3.05, 3.63) is 87.5 Å². The minimum Gasteiger partial charge on any atom is -0.383 e. The number of benzene rings is 2. The van der Waals surface area contributed by atoms with E-state index in [1.807, 2.05) is 30.3 Å². The number of fused-ring (bicyclic) bond motifs is 1. The number of hydrogen-bond donors (Lipinski definition) is 1.